The third-order valence-corrected chi connectivity index (χ3v) is 5.46. The molecule has 1 aliphatic rings. The first-order chi connectivity index (χ1) is 14.3. The normalized spacial score (nSPS) is 26.3. The molecule has 0 aromatic heterocycles. The first-order valence-corrected chi connectivity index (χ1v) is 10.2. The maximum atomic E-state index is 12.5. The predicted octanol–water partition coefficient (Wildman–Crippen LogP) is 2.17. The standard InChI is InChI=1S/C21H23Cl2NO6/c1-11-17(25)19(27)18(26)16(30-11)9-24-21(28)13-7-14(22)20(15(23)8-13)29-10-12-5-3-2-4-6-12/h2-8,11,16-19,25-27H,9-10H2,1H3,(H,24,28)/t11?,16-,17+,18+,19-/m1/s1. The highest BCUT2D eigenvalue weighted by Gasteiger charge is 2.41. The third-order valence-electron chi connectivity index (χ3n) is 4.90. The lowest BCUT2D eigenvalue weighted by Crippen LogP contribution is -2.59. The van der Waals surface area contributed by atoms with E-state index < -0.39 is 36.4 Å². The van der Waals surface area contributed by atoms with Gasteiger partial charge in [-0.25, -0.2) is 0 Å². The van der Waals surface area contributed by atoms with Crippen LogP contribution in [0.4, 0.5) is 0 Å². The van der Waals surface area contributed by atoms with E-state index in [-0.39, 0.29) is 34.5 Å². The van der Waals surface area contributed by atoms with Crippen molar-refractivity contribution in [2.45, 2.75) is 44.1 Å². The minimum absolute atomic E-state index is 0.0738. The summed E-state index contributed by atoms with van der Waals surface area (Å²) in [6, 6.07) is 12.4. The highest BCUT2D eigenvalue weighted by Crippen LogP contribution is 2.35. The number of carbonyl (C=O) groups excluding carboxylic acids is 1. The molecule has 7 nitrogen and oxygen atoms in total. The maximum absolute atomic E-state index is 12.5. The van der Waals surface area contributed by atoms with Gasteiger partial charge in [-0.05, 0) is 24.6 Å². The molecule has 1 aliphatic heterocycles. The second kappa shape index (κ2) is 9.96. The molecule has 4 N–H and O–H groups in total. The summed E-state index contributed by atoms with van der Waals surface area (Å²) >= 11 is 12.5. The summed E-state index contributed by atoms with van der Waals surface area (Å²) in [6.07, 6.45) is -5.46. The molecule has 1 amide bonds. The van der Waals surface area contributed by atoms with E-state index in [2.05, 4.69) is 5.32 Å². The zero-order chi connectivity index (χ0) is 21.8. The fraction of sp³-hybridized carbons (Fsp3) is 0.381. The smallest absolute Gasteiger partial charge is 0.251 e. The van der Waals surface area contributed by atoms with Gasteiger partial charge in [0.1, 0.15) is 31.0 Å². The lowest BCUT2D eigenvalue weighted by Gasteiger charge is -2.39. The van der Waals surface area contributed by atoms with Crippen molar-refractivity contribution in [3.63, 3.8) is 0 Å². The van der Waals surface area contributed by atoms with Crippen molar-refractivity contribution in [2.24, 2.45) is 0 Å². The molecular formula is C21H23Cl2NO6. The van der Waals surface area contributed by atoms with Gasteiger partial charge in [0.05, 0.1) is 16.1 Å². The molecule has 3 rings (SSSR count). The van der Waals surface area contributed by atoms with E-state index in [0.29, 0.717) is 0 Å². The van der Waals surface area contributed by atoms with E-state index >= 15 is 0 Å². The van der Waals surface area contributed by atoms with Gasteiger partial charge in [-0.2, -0.15) is 0 Å². The van der Waals surface area contributed by atoms with Crippen LogP contribution >= 0.6 is 23.2 Å². The Morgan fingerprint density at radius 3 is 2.33 bits per heavy atom. The molecule has 0 saturated carbocycles. The van der Waals surface area contributed by atoms with E-state index in [1.165, 1.54) is 12.1 Å². The van der Waals surface area contributed by atoms with Gasteiger partial charge >= 0.3 is 0 Å². The van der Waals surface area contributed by atoms with Crippen LogP contribution in [0, 0.1) is 0 Å². The minimum Gasteiger partial charge on any atom is -0.486 e. The molecule has 1 saturated heterocycles. The number of nitrogens with one attached hydrogen (secondary N) is 1. The molecule has 0 spiro atoms. The number of hydrogen-bond acceptors (Lipinski definition) is 6. The van der Waals surface area contributed by atoms with E-state index in [1.54, 1.807) is 6.92 Å². The highest BCUT2D eigenvalue weighted by atomic mass is 35.5. The van der Waals surface area contributed by atoms with Crippen LogP contribution in [0.1, 0.15) is 22.8 Å². The number of aliphatic hydroxyl groups is 3. The topological polar surface area (TPSA) is 108 Å². The molecule has 0 aliphatic carbocycles. The molecule has 30 heavy (non-hydrogen) atoms. The van der Waals surface area contributed by atoms with Crippen molar-refractivity contribution < 1.29 is 29.6 Å². The van der Waals surface area contributed by atoms with Crippen LogP contribution in [0.3, 0.4) is 0 Å². The summed E-state index contributed by atoms with van der Waals surface area (Å²) in [5, 5.41) is 32.6. The molecule has 1 unspecified atom stereocenters. The summed E-state index contributed by atoms with van der Waals surface area (Å²) in [6.45, 7) is 1.77. The molecular weight excluding hydrogens is 433 g/mol. The number of carbonyl (C=O) groups is 1. The Labute approximate surface area is 184 Å². The van der Waals surface area contributed by atoms with E-state index in [0.717, 1.165) is 5.56 Å². The Balaban J connectivity index is 1.62. The van der Waals surface area contributed by atoms with Gasteiger partial charge in [0.15, 0.2) is 5.75 Å². The molecule has 5 atom stereocenters. The van der Waals surface area contributed by atoms with E-state index in [4.69, 9.17) is 32.7 Å². The maximum Gasteiger partial charge on any atom is 0.251 e. The van der Waals surface area contributed by atoms with Crippen molar-refractivity contribution >= 4 is 29.1 Å². The van der Waals surface area contributed by atoms with E-state index in [9.17, 15) is 20.1 Å². The molecule has 0 bridgehead atoms. The van der Waals surface area contributed by atoms with Crippen LogP contribution in [-0.4, -0.2) is 58.3 Å². The number of aliphatic hydroxyl groups excluding tert-OH is 3. The van der Waals surface area contributed by atoms with Crippen molar-refractivity contribution in [1.82, 2.24) is 5.32 Å². The lowest BCUT2D eigenvalue weighted by molar-refractivity contribution is -0.214. The molecule has 1 heterocycles. The first-order valence-electron chi connectivity index (χ1n) is 9.41. The van der Waals surface area contributed by atoms with Crippen molar-refractivity contribution in [2.75, 3.05) is 6.54 Å². The second-order valence-corrected chi connectivity index (χ2v) is 7.92. The van der Waals surface area contributed by atoms with Crippen LogP contribution in [0.5, 0.6) is 5.75 Å². The molecule has 0 radical (unpaired) electrons. The average molecular weight is 456 g/mol. The van der Waals surface area contributed by atoms with Gasteiger partial charge in [-0.3, -0.25) is 4.79 Å². The monoisotopic (exact) mass is 455 g/mol. The van der Waals surface area contributed by atoms with Crippen LogP contribution in [0.2, 0.25) is 10.0 Å². The quantitative estimate of drug-likeness (QED) is 0.531. The van der Waals surface area contributed by atoms with Gasteiger partial charge in [-0.1, -0.05) is 53.5 Å². The summed E-state index contributed by atoms with van der Waals surface area (Å²) in [4.78, 5) is 12.5. The summed E-state index contributed by atoms with van der Waals surface area (Å²) in [5.41, 5.74) is 1.15. The van der Waals surface area contributed by atoms with Gasteiger partial charge < -0.3 is 30.1 Å². The largest absolute Gasteiger partial charge is 0.486 e. The molecule has 2 aromatic carbocycles. The summed E-state index contributed by atoms with van der Waals surface area (Å²) < 4.78 is 11.2. The predicted molar refractivity (Wildman–Crippen MR) is 112 cm³/mol. The van der Waals surface area contributed by atoms with Gasteiger partial charge in [0, 0.05) is 12.1 Å². The highest BCUT2D eigenvalue weighted by molar-refractivity contribution is 6.37. The zero-order valence-electron chi connectivity index (χ0n) is 16.2. The number of amides is 1. The van der Waals surface area contributed by atoms with Gasteiger partial charge in [0.2, 0.25) is 0 Å². The van der Waals surface area contributed by atoms with Gasteiger partial charge in [-0.15, -0.1) is 0 Å². The number of rotatable bonds is 6. The zero-order valence-corrected chi connectivity index (χ0v) is 17.7. The van der Waals surface area contributed by atoms with Crippen LogP contribution in [0.25, 0.3) is 0 Å². The second-order valence-electron chi connectivity index (χ2n) is 7.10. The van der Waals surface area contributed by atoms with Crippen LogP contribution < -0.4 is 10.1 Å². The summed E-state index contributed by atoms with van der Waals surface area (Å²) in [5.74, 6) is -0.215. The minimum atomic E-state index is -1.36. The van der Waals surface area contributed by atoms with Crippen molar-refractivity contribution in [1.29, 1.82) is 0 Å². The molecule has 1 fully saturated rings. The number of ether oxygens (including phenoxy) is 2. The van der Waals surface area contributed by atoms with Crippen LogP contribution in [0.15, 0.2) is 42.5 Å². The number of hydrogen-bond donors (Lipinski definition) is 4. The third kappa shape index (κ3) is 5.24. The summed E-state index contributed by atoms with van der Waals surface area (Å²) in [7, 11) is 0. The molecule has 162 valence electrons. The Morgan fingerprint density at radius 2 is 1.70 bits per heavy atom. The molecule has 2 aromatic rings. The van der Waals surface area contributed by atoms with Crippen molar-refractivity contribution in [3.05, 3.63) is 63.6 Å². The van der Waals surface area contributed by atoms with Gasteiger partial charge in [0.25, 0.3) is 5.91 Å². The fourth-order valence-electron chi connectivity index (χ4n) is 3.16. The van der Waals surface area contributed by atoms with Crippen molar-refractivity contribution in [3.8, 4) is 5.75 Å². The number of benzene rings is 2. The Hall–Kier alpha value is -1.87. The lowest BCUT2D eigenvalue weighted by atomic mass is 9.95. The number of halogens is 2. The first kappa shape index (κ1) is 22.8. The van der Waals surface area contributed by atoms with E-state index in [1.807, 2.05) is 30.3 Å². The fourth-order valence-corrected chi connectivity index (χ4v) is 3.76. The molecule has 9 heteroatoms. The Kier molecular flexibility index (Phi) is 7.57. The Bertz CT molecular complexity index is 858. The van der Waals surface area contributed by atoms with Crippen LogP contribution in [-0.2, 0) is 11.3 Å². The average Bonchev–Trinajstić information content (AvgIpc) is 2.73. The SMILES string of the molecule is CC1O[C@H](CNC(=O)c2cc(Cl)c(OCc3ccccc3)c(Cl)c2)[C@H](O)[C@H](O)[C@H]1O. The Morgan fingerprint density at radius 1 is 1.07 bits per heavy atom.